The number of phenolic OH excluding ortho intramolecular Hbond substituents is 1. The minimum absolute atomic E-state index is 0.0340. The first-order valence-electron chi connectivity index (χ1n) is 8.93. The topological polar surface area (TPSA) is 71.0 Å². The number of amides is 1. The number of carbonyl (C=O) groups is 1. The predicted octanol–water partition coefficient (Wildman–Crippen LogP) is 4.94. The van der Waals surface area contributed by atoms with Gasteiger partial charge in [0.1, 0.15) is 11.9 Å². The Bertz CT molecular complexity index is 1090. The molecule has 3 aromatic carbocycles. The molecule has 0 aliphatic carbocycles. The van der Waals surface area contributed by atoms with Crippen molar-refractivity contribution in [2.45, 2.75) is 6.17 Å². The molecule has 1 amide bonds. The van der Waals surface area contributed by atoms with E-state index in [2.05, 4.69) is 21.2 Å². The van der Waals surface area contributed by atoms with Gasteiger partial charge in [0, 0.05) is 21.8 Å². The van der Waals surface area contributed by atoms with Crippen LogP contribution in [0.1, 0.15) is 22.1 Å². The van der Waals surface area contributed by atoms with Crippen LogP contribution >= 0.6 is 15.9 Å². The summed E-state index contributed by atoms with van der Waals surface area (Å²) < 4.78 is 11.4. The Hall–Kier alpha value is -3.19. The van der Waals surface area contributed by atoms with Gasteiger partial charge in [0.25, 0.3) is 5.91 Å². The van der Waals surface area contributed by atoms with E-state index in [0.29, 0.717) is 34.0 Å². The summed E-state index contributed by atoms with van der Waals surface area (Å²) in [6, 6.07) is 18.0. The van der Waals surface area contributed by atoms with Gasteiger partial charge in [0.2, 0.25) is 0 Å². The molecule has 0 spiro atoms. The van der Waals surface area contributed by atoms with Crippen LogP contribution in [0, 0.1) is 0 Å². The summed E-state index contributed by atoms with van der Waals surface area (Å²) >= 11 is 3.46. The first-order valence-corrected chi connectivity index (χ1v) is 9.72. The lowest BCUT2D eigenvalue weighted by atomic mass is 10.0. The maximum Gasteiger partial charge on any atom is 0.262 e. The number of rotatable bonds is 4. The van der Waals surface area contributed by atoms with Gasteiger partial charge in [-0.05, 0) is 36.4 Å². The van der Waals surface area contributed by atoms with E-state index in [1.165, 1.54) is 7.11 Å². The highest BCUT2D eigenvalue weighted by Crippen LogP contribution is 2.44. The molecule has 29 heavy (non-hydrogen) atoms. The van der Waals surface area contributed by atoms with Crippen LogP contribution in [0.5, 0.6) is 17.2 Å². The third-order valence-corrected chi connectivity index (χ3v) is 5.30. The monoisotopic (exact) mass is 454 g/mol. The Labute approximate surface area is 176 Å². The van der Waals surface area contributed by atoms with E-state index in [1.54, 1.807) is 36.3 Å². The number of nitrogens with zero attached hydrogens (tertiary/aromatic N) is 1. The van der Waals surface area contributed by atoms with Crippen LogP contribution in [0.3, 0.4) is 0 Å². The van der Waals surface area contributed by atoms with Crippen LogP contribution in [-0.4, -0.2) is 25.2 Å². The molecule has 0 saturated heterocycles. The van der Waals surface area contributed by atoms with Gasteiger partial charge in [-0.2, -0.15) is 0 Å². The number of hydrogen-bond donors (Lipinski definition) is 2. The summed E-state index contributed by atoms with van der Waals surface area (Å²) in [5, 5.41) is 14.2. The van der Waals surface area contributed by atoms with Crippen LogP contribution in [0.15, 0.2) is 65.1 Å². The second-order valence-corrected chi connectivity index (χ2v) is 7.43. The van der Waals surface area contributed by atoms with Gasteiger partial charge in [-0.15, -0.1) is 0 Å². The van der Waals surface area contributed by atoms with Gasteiger partial charge in [0.15, 0.2) is 11.5 Å². The number of para-hydroxylation sites is 1. The zero-order chi connectivity index (χ0) is 20.5. The fourth-order valence-corrected chi connectivity index (χ4v) is 3.91. The van der Waals surface area contributed by atoms with Crippen molar-refractivity contribution in [1.82, 2.24) is 0 Å². The van der Waals surface area contributed by atoms with E-state index in [4.69, 9.17) is 9.47 Å². The highest BCUT2D eigenvalue weighted by molar-refractivity contribution is 9.10. The molecule has 0 radical (unpaired) electrons. The number of benzene rings is 3. The smallest absolute Gasteiger partial charge is 0.262 e. The van der Waals surface area contributed by atoms with Gasteiger partial charge in [0.05, 0.1) is 25.5 Å². The second kappa shape index (κ2) is 7.67. The van der Waals surface area contributed by atoms with Crippen molar-refractivity contribution in [1.29, 1.82) is 0 Å². The van der Waals surface area contributed by atoms with Crippen molar-refractivity contribution in [3.63, 3.8) is 0 Å². The molecule has 1 aliphatic heterocycles. The molecule has 0 bridgehead atoms. The van der Waals surface area contributed by atoms with Crippen molar-refractivity contribution in [2.24, 2.45) is 0 Å². The first-order chi connectivity index (χ1) is 14.0. The third kappa shape index (κ3) is 3.38. The molecule has 0 unspecified atom stereocenters. The standard InChI is InChI=1S/C22H19BrN2O4/c1-28-15-7-5-6-14(12-15)25-21(17-10-13(23)11-19(29-2)20(17)26)24-18-9-4-3-8-16(18)22(25)27/h3-12,21,24,26H,1-2H3/t21-/m1/s1. The number of nitrogens with one attached hydrogen (secondary N) is 1. The van der Waals surface area contributed by atoms with Crippen molar-refractivity contribution in [3.05, 3.63) is 76.3 Å². The van der Waals surface area contributed by atoms with Crippen molar-refractivity contribution >= 4 is 33.2 Å². The van der Waals surface area contributed by atoms with E-state index < -0.39 is 6.17 Å². The van der Waals surface area contributed by atoms with Crippen molar-refractivity contribution in [2.75, 3.05) is 24.4 Å². The molecule has 0 fully saturated rings. The molecule has 6 nitrogen and oxygen atoms in total. The van der Waals surface area contributed by atoms with E-state index in [0.717, 1.165) is 4.47 Å². The number of aromatic hydroxyl groups is 1. The first kappa shape index (κ1) is 19.1. The predicted molar refractivity (Wildman–Crippen MR) is 115 cm³/mol. The van der Waals surface area contributed by atoms with Crippen molar-refractivity contribution < 1.29 is 19.4 Å². The number of phenols is 1. The Morgan fingerprint density at radius 1 is 1.03 bits per heavy atom. The largest absolute Gasteiger partial charge is 0.504 e. The molecule has 0 saturated carbocycles. The minimum Gasteiger partial charge on any atom is -0.504 e. The summed E-state index contributed by atoms with van der Waals surface area (Å²) in [7, 11) is 3.06. The minimum atomic E-state index is -0.657. The number of ether oxygens (including phenoxy) is 2. The molecule has 1 atom stereocenters. The SMILES string of the molecule is COc1cccc(N2C(=O)c3ccccc3N[C@H]2c2cc(Br)cc(OC)c2O)c1. The second-order valence-electron chi connectivity index (χ2n) is 6.51. The summed E-state index contributed by atoms with van der Waals surface area (Å²) in [6.07, 6.45) is -0.657. The summed E-state index contributed by atoms with van der Waals surface area (Å²) in [5.74, 6) is 0.723. The summed E-state index contributed by atoms with van der Waals surface area (Å²) in [4.78, 5) is 15.1. The van der Waals surface area contributed by atoms with Crippen LogP contribution in [-0.2, 0) is 0 Å². The van der Waals surface area contributed by atoms with Crippen LogP contribution < -0.4 is 19.7 Å². The normalized spacial score (nSPS) is 15.5. The average Bonchev–Trinajstić information content (AvgIpc) is 2.75. The maximum atomic E-state index is 13.5. The molecule has 4 rings (SSSR count). The highest BCUT2D eigenvalue weighted by Gasteiger charge is 2.36. The number of fused-ring (bicyclic) bond motifs is 1. The Morgan fingerprint density at radius 3 is 2.59 bits per heavy atom. The fraction of sp³-hybridized carbons (Fsp3) is 0.136. The lowest BCUT2D eigenvalue weighted by Gasteiger charge is -2.38. The number of halogens is 1. The molecule has 148 valence electrons. The summed E-state index contributed by atoms with van der Waals surface area (Å²) in [5.41, 5.74) is 2.38. The lowest BCUT2D eigenvalue weighted by Crippen LogP contribution is -2.43. The zero-order valence-electron chi connectivity index (χ0n) is 15.8. The lowest BCUT2D eigenvalue weighted by molar-refractivity contribution is 0.0974. The molecule has 2 N–H and O–H groups in total. The zero-order valence-corrected chi connectivity index (χ0v) is 17.4. The molecule has 1 aliphatic rings. The maximum absolute atomic E-state index is 13.5. The molecule has 0 aromatic heterocycles. The Balaban J connectivity index is 1.92. The number of anilines is 2. The van der Waals surface area contributed by atoms with Gasteiger partial charge in [-0.25, -0.2) is 0 Å². The summed E-state index contributed by atoms with van der Waals surface area (Å²) in [6.45, 7) is 0. The number of methoxy groups -OCH3 is 2. The number of carbonyl (C=O) groups excluding carboxylic acids is 1. The molecule has 1 heterocycles. The molecular weight excluding hydrogens is 436 g/mol. The fourth-order valence-electron chi connectivity index (χ4n) is 3.46. The van der Waals surface area contributed by atoms with Crippen LogP contribution in [0.4, 0.5) is 11.4 Å². The van der Waals surface area contributed by atoms with E-state index in [1.807, 2.05) is 36.4 Å². The molecule has 3 aromatic rings. The third-order valence-electron chi connectivity index (χ3n) is 4.84. The van der Waals surface area contributed by atoms with Crippen molar-refractivity contribution in [3.8, 4) is 17.2 Å². The highest BCUT2D eigenvalue weighted by atomic mass is 79.9. The quantitative estimate of drug-likeness (QED) is 0.583. The van der Waals surface area contributed by atoms with E-state index >= 15 is 0 Å². The average molecular weight is 455 g/mol. The van der Waals surface area contributed by atoms with Gasteiger partial charge >= 0.3 is 0 Å². The van der Waals surface area contributed by atoms with Crippen LogP contribution in [0.2, 0.25) is 0 Å². The van der Waals surface area contributed by atoms with Gasteiger partial charge in [-0.1, -0.05) is 34.1 Å². The van der Waals surface area contributed by atoms with Gasteiger partial charge < -0.3 is 19.9 Å². The van der Waals surface area contributed by atoms with Crippen LogP contribution in [0.25, 0.3) is 0 Å². The number of hydrogen-bond acceptors (Lipinski definition) is 5. The Kier molecular flexibility index (Phi) is 5.07. The van der Waals surface area contributed by atoms with E-state index in [9.17, 15) is 9.90 Å². The van der Waals surface area contributed by atoms with Gasteiger partial charge in [-0.3, -0.25) is 9.69 Å². The van der Waals surface area contributed by atoms with E-state index in [-0.39, 0.29) is 11.7 Å². The Morgan fingerprint density at radius 2 is 1.83 bits per heavy atom. The molecular formula is C22H19BrN2O4. The molecule has 7 heteroatoms.